The second-order valence-corrected chi connectivity index (χ2v) is 6.82. The second kappa shape index (κ2) is 9.43. The van der Waals surface area contributed by atoms with Gasteiger partial charge < -0.3 is 9.47 Å². The predicted octanol–water partition coefficient (Wildman–Crippen LogP) is 5.36. The molecule has 150 valence electrons. The van der Waals surface area contributed by atoms with Gasteiger partial charge in [-0.2, -0.15) is 5.10 Å². The number of halogens is 1. The maximum absolute atomic E-state index is 12.4. The van der Waals surface area contributed by atoms with Crippen LogP contribution in [0.2, 0.25) is 5.02 Å². The van der Waals surface area contributed by atoms with Gasteiger partial charge in [-0.25, -0.2) is 5.43 Å². The third kappa shape index (κ3) is 4.87. The second-order valence-electron chi connectivity index (χ2n) is 6.41. The van der Waals surface area contributed by atoms with Crippen LogP contribution in [-0.4, -0.2) is 25.3 Å². The van der Waals surface area contributed by atoms with Crippen LogP contribution in [0.15, 0.2) is 53.6 Å². The monoisotopic (exact) mass is 410 g/mol. The van der Waals surface area contributed by atoms with Gasteiger partial charge >= 0.3 is 0 Å². The van der Waals surface area contributed by atoms with E-state index in [1.54, 1.807) is 18.3 Å². The zero-order chi connectivity index (χ0) is 20.8. The third-order valence-electron chi connectivity index (χ3n) is 4.33. The van der Waals surface area contributed by atoms with Crippen molar-refractivity contribution in [1.82, 2.24) is 5.43 Å². The minimum atomic E-state index is -0.376. The van der Waals surface area contributed by atoms with Crippen molar-refractivity contribution >= 4 is 34.5 Å². The lowest BCUT2D eigenvalue weighted by Crippen LogP contribution is -2.18. The van der Waals surface area contributed by atoms with E-state index in [-0.39, 0.29) is 5.91 Å². The Labute approximate surface area is 175 Å². The van der Waals surface area contributed by atoms with Gasteiger partial charge in [0.15, 0.2) is 0 Å². The number of fused-ring (bicyclic) bond motifs is 1. The summed E-state index contributed by atoms with van der Waals surface area (Å²) in [6.45, 7) is 6.87. The van der Waals surface area contributed by atoms with E-state index >= 15 is 0 Å². The number of rotatable bonds is 7. The van der Waals surface area contributed by atoms with Crippen LogP contribution in [-0.2, 0) is 0 Å². The first kappa shape index (κ1) is 20.7. The van der Waals surface area contributed by atoms with Crippen LogP contribution in [0.25, 0.3) is 10.8 Å². The fourth-order valence-corrected chi connectivity index (χ4v) is 3.31. The van der Waals surface area contributed by atoms with Crippen molar-refractivity contribution in [2.24, 2.45) is 5.10 Å². The molecular weight excluding hydrogens is 388 g/mol. The van der Waals surface area contributed by atoms with Gasteiger partial charge in [-0.15, -0.1) is 0 Å². The van der Waals surface area contributed by atoms with Gasteiger partial charge in [0.2, 0.25) is 0 Å². The number of nitrogens with zero attached hydrogens (tertiary/aromatic N) is 1. The lowest BCUT2D eigenvalue weighted by molar-refractivity contribution is 0.0955. The van der Waals surface area contributed by atoms with Crippen molar-refractivity contribution < 1.29 is 14.3 Å². The number of hydrogen-bond acceptors (Lipinski definition) is 4. The maximum atomic E-state index is 12.4. The molecule has 3 rings (SSSR count). The molecule has 0 atom stereocenters. The molecule has 0 heterocycles. The summed E-state index contributed by atoms with van der Waals surface area (Å²) in [7, 11) is 0. The number of nitrogens with one attached hydrogen (secondary N) is 1. The highest BCUT2D eigenvalue weighted by Crippen LogP contribution is 2.30. The van der Waals surface area contributed by atoms with Crippen LogP contribution < -0.4 is 14.9 Å². The molecule has 1 amide bonds. The molecule has 29 heavy (non-hydrogen) atoms. The molecule has 1 N–H and O–H groups in total. The number of hydrogen-bond donors (Lipinski definition) is 1. The molecule has 0 aliphatic heterocycles. The summed E-state index contributed by atoms with van der Waals surface area (Å²) in [5, 5.41) is 6.48. The first-order valence-electron chi connectivity index (χ1n) is 9.45. The van der Waals surface area contributed by atoms with Crippen LogP contribution in [0.3, 0.4) is 0 Å². The van der Waals surface area contributed by atoms with E-state index in [1.807, 2.05) is 57.2 Å². The first-order chi connectivity index (χ1) is 14.0. The van der Waals surface area contributed by atoms with Gasteiger partial charge in [0, 0.05) is 5.56 Å². The van der Waals surface area contributed by atoms with Crippen LogP contribution in [0.5, 0.6) is 11.5 Å². The normalized spacial score (nSPS) is 11.0. The average Bonchev–Trinajstić information content (AvgIpc) is 2.69. The van der Waals surface area contributed by atoms with Gasteiger partial charge in [-0.05, 0) is 67.4 Å². The maximum Gasteiger partial charge on any atom is 0.272 e. The first-order valence-corrected chi connectivity index (χ1v) is 9.83. The highest BCUT2D eigenvalue weighted by Gasteiger charge is 2.11. The van der Waals surface area contributed by atoms with E-state index in [4.69, 9.17) is 21.1 Å². The lowest BCUT2D eigenvalue weighted by atomic mass is 10.0. The number of amides is 1. The van der Waals surface area contributed by atoms with E-state index in [0.717, 1.165) is 27.6 Å². The summed E-state index contributed by atoms with van der Waals surface area (Å²) in [6.07, 6.45) is 1.59. The molecule has 3 aromatic rings. The zero-order valence-electron chi connectivity index (χ0n) is 16.7. The molecule has 5 nitrogen and oxygen atoms in total. The largest absolute Gasteiger partial charge is 0.494 e. The summed E-state index contributed by atoms with van der Waals surface area (Å²) in [5.74, 6) is 1.07. The summed E-state index contributed by atoms with van der Waals surface area (Å²) < 4.78 is 11.4. The minimum absolute atomic E-state index is 0.371. The Bertz CT molecular complexity index is 1060. The molecule has 0 aliphatic rings. The van der Waals surface area contributed by atoms with Gasteiger partial charge in [0.25, 0.3) is 5.91 Å². The van der Waals surface area contributed by atoms with Crippen molar-refractivity contribution in [2.45, 2.75) is 20.8 Å². The molecule has 0 unspecified atom stereocenters. The molecule has 3 aromatic carbocycles. The quantitative estimate of drug-likeness (QED) is 0.421. The molecule has 0 aromatic heterocycles. The summed E-state index contributed by atoms with van der Waals surface area (Å²) in [4.78, 5) is 12.4. The topological polar surface area (TPSA) is 59.9 Å². The Hall–Kier alpha value is -3.05. The Morgan fingerprint density at radius 2 is 1.83 bits per heavy atom. The van der Waals surface area contributed by atoms with E-state index in [1.165, 1.54) is 0 Å². The molecule has 0 aliphatic carbocycles. The Morgan fingerprint density at radius 1 is 1.07 bits per heavy atom. The highest BCUT2D eigenvalue weighted by atomic mass is 35.5. The van der Waals surface area contributed by atoms with E-state index in [0.29, 0.717) is 29.5 Å². The zero-order valence-corrected chi connectivity index (χ0v) is 17.4. The van der Waals surface area contributed by atoms with Crippen molar-refractivity contribution in [3.05, 3.63) is 70.2 Å². The third-order valence-corrected chi connectivity index (χ3v) is 4.65. The van der Waals surface area contributed by atoms with Crippen LogP contribution in [0.1, 0.15) is 35.3 Å². The lowest BCUT2D eigenvalue weighted by Gasteiger charge is -2.12. The van der Waals surface area contributed by atoms with Gasteiger partial charge in [-0.3, -0.25) is 4.79 Å². The van der Waals surface area contributed by atoms with Gasteiger partial charge in [-0.1, -0.05) is 29.8 Å². The van der Waals surface area contributed by atoms with Crippen LogP contribution in [0.4, 0.5) is 0 Å². The van der Waals surface area contributed by atoms with Crippen molar-refractivity contribution in [1.29, 1.82) is 0 Å². The molecule has 6 heteroatoms. The molecule has 0 spiro atoms. The van der Waals surface area contributed by atoms with Gasteiger partial charge in [0.05, 0.1) is 30.0 Å². The van der Waals surface area contributed by atoms with E-state index in [2.05, 4.69) is 10.5 Å². The van der Waals surface area contributed by atoms with Gasteiger partial charge in [0.1, 0.15) is 11.5 Å². The minimum Gasteiger partial charge on any atom is -0.494 e. The molecule has 0 bridgehead atoms. The molecule has 0 fully saturated rings. The Kier molecular flexibility index (Phi) is 6.73. The number of carbonyl (C=O) groups excluding carboxylic acids is 1. The Balaban J connectivity index is 1.93. The van der Waals surface area contributed by atoms with Crippen molar-refractivity contribution in [2.75, 3.05) is 13.2 Å². The highest BCUT2D eigenvalue weighted by molar-refractivity contribution is 6.33. The number of ether oxygens (including phenoxy) is 2. The standard InChI is InChI=1S/C23H23ClN2O3/c1-4-28-17-9-7-16-8-11-22(29-5-2)20(19(16)13-17)14-25-26-23(27)18-10-6-15(3)12-21(18)24/h6-14H,4-5H2,1-3H3,(H,26,27)/b25-14-. The van der Waals surface area contributed by atoms with E-state index in [9.17, 15) is 4.79 Å². The van der Waals surface area contributed by atoms with Crippen LogP contribution >= 0.6 is 11.6 Å². The molecule has 0 saturated carbocycles. The summed E-state index contributed by atoms with van der Waals surface area (Å²) in [6, 6.07) is 15.0. The number of benzene rings is 3. The molecule has 0 saturated heterocycles. The molecule has 0 radical (unpaired) electrons. The smallest absolute Gasteiger partial charge is 0.272 e. The van der Waals surface area contributed by atoms with Crippen molar-refractivity contribution in [3.8, 4) is 11.5 Å². The SMILES string of the molecule is CCOc1ccc2ccc(OCC)c(/C=N\NC(=O)c3ccc(C)cc3Cl)c2c1. The molecular formula is C23H23ClN2O3. The number of hydrazone groups is 1. The fourth-order valence-electron chi connectivity index (χ4n) is 2.99. The fraction of sp³-hybridized carbons (Fsp3) is 0.217. The van der Waals surface area contributed by atoms with E-state index < -0.39 is 0 Å². The number of carbonyl (C=O) groups is 1. The average molecular weight is 411 g/mol. The van der Waals surface area contributed by atoms with Crippen LogP contribution in [0, 0.1) is 6.92 Å². The van der Waals surface area contributed by atoms with Crippen molar-refractivity contribution in [3.63, 3.8) is 0 Å². The predicted molar refractivity (Wildman–Crippen MR) is 118 cm³/mol. The summed E-state index contributed by atoms with van der Waals surface area (Å²) >= 11 is 6.17. The summed E-state index contributed by atoms with van der Waals surface area (Å²) in [5.41, 5.74) is 4.66. The number of aryl methyl sites for hydroxylation is 1. The Morgan fingerprint density at radius 3 is 2.55 bits per heavy atom.